The third-order valence-corrected chi connectivity index (χ3v) is 2.86. The van der Waals surface area contributed by atoms with Gasteiger partial charge in [-0.3, -0.25) is 4.79 Å². The summed E-state index contributed by atoms with van der Waals surface area (Å²) in [5.41, 5.74) is -1.79. The predicted octanol–water partition coefficient (Wildman–Crippen LogP) is 0.0232. The van der Waals surface area contributed by atoms with Crippen molar-refractivity contribution in [3.63, 3.8) is 0 Å². The van der Waals surface area contributed by atoms with E-state index in [2.05, 4.69) is 5.32 Å². The monoisotopic (exact) mass is 281 g/mol. The van der Waals surface area contributed by atoms with Gasteiger partial charge in [-0.15, -0.1) is 0 Å². The Bertz CT molecular complexity index is 540. The number of rotatable bonds is 4. The Labute approximate surface area is 115 Å². The zero-order valence-electron chi connectivity index (χ0n) is 10.9. The van der Waals surface area contributed by atoms with Crippen molar-refractivity contribution in [2.45, 2.75) is 12.5 Å². The first-order valence-corrected chi connectivity index (χ1v) is 6.04. The molecule has 108 valence electrons. The predicted molar refractivity (Wildman–Crippen MR) is 68.0 cm³/mol. The molecule has 1 aromatic rings. The van der Waals surface area contributed by atoms with E-state index < -0.39 is 24.0 Å². The molecule has 1 unspecified atom stereocenters. The van der Waals surface area contributed by atoms with E-state index in [1.54, 1.807) is 18.2 Å². The molecule has 1 aliphatic heterocycles. The van der Waals surface area contributed by atoms with Gasteiger partial charge in [0.2, 0.25) is 0 Å². The van der Waals surface area contributed by atoms with E-state index in [-0.39, 0.29) is 5.56 Å². The van der Waals surface area contributed by atoms with Crippen molar-refractivity contribution in [2.24, 2.45) is 0 Å². The first kappa shape index (κ1) is 14.1. The number of hydrogen-bond acceptors (Lipinski definition) is 5. The molecule has 7 nitrogen and oxygen atoms in total. The first-order chi connectivity index (χ1) is 9.42. The number of nitrogens with one attached hydrogen (secondary N) is 1. The summed E-state index contributed by atoms with van der Waals surface area (Å²) in [4.78, 5) is 22.8. The van der Waals surface area contributed by atoms with Crippen LogP contribution in [0.1, 0.15) is 17.3 Å². The second kappa shape index (κ2) is 5.38. The maximum atomic E-state index is 12.0. The number of aliphatic carboxylic acids is 1. The highest BCUT2D eigenvalue weighted by molar-refractivity contribution is 5.98. The Morgan fingerprint density at radius 2 is 2.05 bits per heavy atom. The topological polar surface area (TPSA) is 105 Å². The molecule has 0 saturated heterocycles. The molecule has 3 N–H and O–H groups in total. The number of carbonyl (C=O) groups excluding carboxylic acids is 1. The standard InChI is InChI=1S/C13H15NO6/c1-13(18,12(16)17)7-14-11(15)8-3-2-4-9-10(8)20-6-5-19-9/h2-4,18H,5-7H2,1H3,(H,14,15)(H,16,17). The molecule has 20 heavy (non-hydrogen) atoms. The first-order valence-electron chi connectivity index (χ1n) is 6.04. The molecule has 0 aromatic heterocycles. The number of para-hydroxylation sites is 1. The van der Waals surface area contributed by atoms with Crippen LogP contribution in [-0.2, 0) is 4.79 Å². The molecule has 1 aromatic carbocycles. The van der Waals surface area contributed by atoms with Crippen LogP contribution in [0.2, 0.25) is 0 Å². The molecule has 2 rings (SSSR count). The minimum absolute atomic E-state index is 0.239. The zero-order valence-corrected chi connectivity index (χ0v) is 10.9. The van der Waals surface area contributed by atoms with Crippen molar-refractivity contribution in [3.8, 4) is 11.5 Å². The number of carbonyl (C=O) groups is 2. The van der Waals surface area contributed by atoms with Gasteiger partial charge < -0.3 is 25.0 Å². The molecule has 1 aliphatic rings. The largest absolute Gasteiger partial charge is 0.486 e. The van der Waals surface area contributed by atoms with Crippen molar-refractivity contribution in [1.82, 2.24) is 5.32 Å². The molecule has 0 spiro atoms. The SMILES string of the molecule is CC(O)(CNC(=O)c1cccc2c1OCCO2)C(=O)O. The Balaban J connectivity index is 2.12. The minimum atomic E-state index is -2.03. The maximum absolute atomic E-state index is 12.0. The fraction of sp³-hybridized carbons (Fsp3) is 0.385. The van der Waals surface area contributed by atoms with Crippen molar-refractivity contribution < 1.29 is 29.3 Å². The number of fused-ring (bicyclic) bond motifs is 1. The third-order valence-electron chi connectivity index (χ3n) is 2.86. The average molecular weight is 281 g/mol. The second-order valence-corrected chi connectivity index (χ2v) is 4.59. The highest BCUT2D eigenvalue weighted by Gasteiger charge is 2.31. The quantitative estimate of drug-likeness (QED) is 0.718. The number of hydrogen-bond donors (Lipinski definition) is 3. The van der Waals surface area contributed by atoms with Crippen LogP contribution in [0.3, 0.4) is 0 Å². The molecule has 0 aliphatic carbocycles. The van der Waals surface area contributed by atoms with Gasteiger partial charge in [0.25, 0.3) is 5.91 Å². The van der Waals surface area contributed by atoms with Gasteiger partial charge in [-0.05, 0) is 19.1 Å². The molecule has 0 saturated carbocycles. The molecule has 1 amide bonds. The van der Waals surface area contributed by atoms with Crippen molar-refractivity contribution in [3.05, 3.63) is 23.8 Å². The molecular formula is C13H15NO6. The molecule has 1 atom stereocenters. The second-order valence-electron chi connectivity index (χ2n) is 4.59. The van der Waals surface area contributed by atoms with E-state index in [0.29, 0.717) is 24.7 Å². The van der Waals surface area contributed by atoms with Crippen LogP contribution in [-0.4, -0.2) is 47.4 Å². The number of amides is 1. The smallest absolute Gasteiger partial charge is 0.337 e. The highest BCUT2D eigenvalue weighted by atomic mass is 16.6. The van der Waals surface area contributed by atoms with Gasteiger partial charge in [-0.2, -0.15) is 0 Å². The fourth-order valence-electron chi connectivity index (χ4n) is 1.68. The van der Waals surface area contributed by atoms with Gasteiger partial charge in [0.15, 0.2) is 17.1 Å². The Hall–Kier alpha value is -2.28. The van der Waals surface area contributed by atoms with Gasteiger partial charge in [-0.25, -0.2) is 4.79 Å². The lowest BCUT2D eigenvalue weighted by Crippen LogP contribution is -2.46. The number of carboxylic acid groups (broad SMARTS) is 1. The van der Waals surface area contributed by atoms with Gasteiger partial charge in [-0.1, -0.05) is 6.07 Å². The maximum Gasteiger partial charge on any atom is 0.337 e. The van der Waals surface area contributed by atoms with Gasteiger partial charge in [0, 0.05) is 0 Å². The van der Waals surface area contributed by atoms with E-state index >= 15 is 0 Å². The average Bonchev–Trinajstić information content (AvgIpc) is 2.44. The van der Waals surface area contributed by atoms with E-state index in [1.807, 2.05) is 0 Å². The molecular weight excluding hydrogens is 266 g/mol. The number of aliphatic hydroxyl groups is 1. The highest BCUT2D eigenvalue weighted by Crippen LogP contribution is 2.33. The summed E-state index contributed by atoms with van der Waals surface area (Å²) in [6.45, 7) is 1.44. The van der Waals surface area contributed by atoms with Gasteiger partial charge >= 0.3 is 5.97 Å². The summed E-state index contributed by atoms with van der Waals surface area (Å²) in [5, 5.41) is 20.7. The van der Waals surface area contributed by atoms with Crippen LogP contribution in [0.5, 0.6) is 11.5 Å². The van der Waals surface area contributed by atoms with Crippen LogP contribution < -0.4 is 14.8 Å². The fourth-order valence-corrected chi connectivity index (χ4v) is 1.68. The normalized spacial score (nSPS) is 16.1. The van der Waals surface area contributed by atoms with Crippen LogP contribution in [0.15, 0.2) is 18.2 Å². The molecule has 1 heterocycles. The van der Waals surface area contributed by atoms with Gasteiger partial charge in [0.05, 0.1) is 12.1 Å². The van der Waals surface area contributed by atoms with Crippen LogP contribution >= 0.6 is 0 Å². The summed E-state index contributed by atoms with van der Waals surface area (Å²) in [6, 6.07) is 4.86. The van der Waals surface area contributed by atoms with Crippen LogP contribution in [0.4, 0.5) is 0 Å². The van der Waals surface area contributed by atoms with E-state index in [9.17, 15) is 14.7 Å². The van der Waals surface area contributed by atoms with E-state index in [4.69, 9.17) is 14.6 Å². The number of carboxylic acids is 1. The Kier molecular flexibility index (Phi) is 3.80. The van der Waals surface area contributed by atoms with E-state index in [1.165, 1.54) is 0 Å². The summed E-state index contributed by atoms with van der Waals surface area (Å²) in [7, 11) is 0. The summed E-state index contributed by atoms with van der Waals surface area (Å²) in [5.74, 6) is -1.15. The zero-order chi connectivity index (χ0) is 14.8. The summed E-state index contributed by atoms with van der Waals surface area (Å²) < 4.78 is 10.7. The lowest BCUT2D eigenvalue weighted by Gasteiger charge is -2.22. The van der Waals surface area contributed by atoms with Gasteiger partial charge in [0.1, 0.15) is 13.2 Å². The van der Waals surface area contributed by atoms with E-state index in [0.717, 1.165) is 6.92 Å². The lowest BCUT2D eigenvalue weighted by molar-refractivity contribution is -0.155. The number of benzene rings is 1. The number of ether oxygens (including phenoxy) is 2. The molecule has 0 fully saturated rings. The Morgan fingerprint density at radius 3 is 2.75 bits per heavy atom. The van der Waals surface area contributed by atoms with Crippen molar-refractivity contribution >= 4 is 11.9 Å². The lowest BCUT2D eigenvalue weighted by atomic mass is 10.1. The summed E-state index contributed by atoms with van der Waals surface area (Å²) in [6.07, 6.45) is 0. The Morgan fingerprint density at radius 1 is 1.35 bits per heavy atom. The molecule has 7 heteroatoms. The minimum Gasteiger partial charge on any atom is -0.486 e. The third kappa shape index (κ3) is 2.83. The van der Waals surface area contributed by atoms with Crippen LogP contribution in [0.25, 0.3) is 0 Å². The summed E-state index contributed by atoms with van der Waals surface area (Å²) >= 11 is 0. The van der Waals surface area contributed by atoms with Crippen LogP contribution in [0, 0.1) is 0 Å². The van der Waals surface area contributed by atoms with Crippen molar-refractivity contribution in [1.29, 1.82) is 0 Å². The van der Waals surface area contributed by atoms with Crippen molar-refractivity contribution in [2.75, 3.05) is 19.8 Å². The molecule has 0 radical (unpaired) electrons. The molecule has 0 bridgehead atoms.